The highest BCUT2D eigenvalue weighted by Gasteiger charge is 2.11. The number of nitrogens with zero attached hydrogens (tertiary/aromatic N) is 1. The zero-order chi connectivity index (χ0) is 19.8. The zero-order valence-corrected chi connectivity index (χ0v) is 15.1. The summed E-state index contributed by atoms with van der Waals surface area (Å²) in [5, 5.41) is 2.72. The van der Waals surface area contributed by atoms with Crippen LogP contribution in [0, 0.1) is 0 Å². The van der Waals surface area contributed by atoms with E-state index in [1.807, 2.05) is 30.3 Å². The lowest BCUT2D eigenvalue weighted by Gasteiger charge is -2.11. The maximum atomic E-state index is 12.4. The number of amides is 1. The summed E-state index contributed by atoms with van der Waals surface area (Å²) in [4.78, 5) is 16.3. The largest absolute Gasteiger partial charge is 0.441 e. The topological polar surface area (TPSA) is 64.4 Å². The summed E-state index contributed by atoms with van der Waals surface area (Å²) in [6, 6.07) is 16.0. The van der Waals surface area contributed by atoms with E-state index in [1.54, 1.807) is 24.4 Å². The molecule has 1 aromatic heterocycles. The molecule has 0 atom stereocenters. The van der Waals surface area contributed by atoms with Crippen molar-refractivity contribution in [3.63, 3.8) is 0 Å². The Balaban J connectivity index is 1.44. The average Bonchev–Trinajstić information content (AvgIpc) is 3.16. The molecule has 2 aromatic carbocycles. The third-order valence-electron chi connectivity index (χ3n) is 4.07. The molecule has 1 heterocycles. The molecule has 28 heavy (non-hydrogen) atoms. The van der Waals surface area contributed by atoms with Gasteiger partial charge in [-0.3, -0.25) is 4.79 Å². The average molecular weight is 386 g/mol. The monoisotopic (exact) mass is 386 g/mol. The highest BCUT2D eigenvalue weighted by atomic mass is 19.3. The lowest BCUT2D eigenvalue weighted by molar-refractivity contribution is -0.121. The molecule has 0 aliphatic rings. The van der Waals surface area contributed by atoms with Crippen molar-refractivity contribution >= 4 is 5.91 Å². The summed E-state index contributed by atoms with van der Waals surface area (Å²) in [5.41, 5.74) is 1.44. The maximum absolute atomic E-state index is 12.4. The highest BCUT2D eigenvalue weighted by molar-refractivity contribution is 5.75. The Labute approximate surface area is 161 Å². The predicted octanol–water partition coefficient (Wildman–Crippen LogP) is 4.58. The second-order valence-electron chi connectivity index (χ2n) is 6.10. The normalized spacial score (nSPS) is 10.8. The van der Waals surface area contributed by atoms with Crippen LogP contribution in [0.5, 0.6) is 5.75 Å². The molecule has 0 aliphatic heterocycles. The van der Waals surface area contributed by atoms with Crippen molar-refractivity contribution in [3.05, 3.63) is 72.2 Å². The Morgan fingerprint density at radius 3 is 2.64 bits per heavy atom. The van der Waals surface area contributed by atoms with Gasteiger partial charge in [-0.1, -0.05) is 48.5 Å². The van der Waals surface area contributed by atoms with Gasteiger partial charge in [0.05, 0.1) is 6.20 Å². The number of nitrogens with one attached hydrogen (secondary N) is 1. The third-order valence-corrected chi connectivity index (χ3v) is 4.07. The van der Waals surface area contributed by atoms with Crippen LogP contribution in [0.25, 0.3) is 11.3 Å². The number of carbonyl (C=O) groups is 1. The van der Waals surface area contributed by atoms with E-state index in [-0.39, 0.29) is 24.6 Å². The molecule has 3 rings (SSSR count). The minimum Gasteiger partial charge on any atom is -0.441 e. The molecular formula is C21H20F2N2O3. The molecule has 0 saturated heterocycles. The Morgan fingerprint density at radius 2 is 1.86 bits per heavy atom. The van der Waals surface area contributed by atoms with Crippen molar-refractivity contribution in [1.29, 1.82) is 0 Å². The summed E-state index contributed by atoms with van der Waals surface area (Å²) in [6.07, 6.45) is 3.05. The van der Waals surface area contributed by atoms with Gasteiger partial charge in [-0.05, 0) is 12.5 Å². The summed E-state index contributed by atoms with van der Waals surface area (Å²) in [7, 11) is 0. The van der Waals surface area contributed by atoms with Gasteiger partial charge in [-0.2, -0.15) is 8.78 Å². The van der Waals surface area contributed by atoms with Gasteiger partial charge in [0.2, 0.25) is 5.91 Å². The number of rotatable bonds is 9. The fraction of sp³-hybridized carbons (Fsp3) is 0.238. The second kappa shape index (κ2) is 9.64. The molecular weight excluding hydrogens is 366 g/mol. The van der Waals surface area contributed by atoms with Crippen molar-refractivity contribution in [2.75, 3.05) is 0 Å². The van der Waals surface area contributed by atoms with Crippen molar-refractivity contribution < 1.29 is 22.7 Å². The maximum Gasteiger partial charge on any atom is 0.387 e. The Kier molecular flexibility index (Phi) is 6.73. The van der Waals surface area contributed by atoms with Gasteiger partial charge in [-0.15, -0.1) is 0 Å². The van der Waals surface area contributed by atoms with Crippen molar-refractivity contribution in [2.24, 2.45) is 0 Å². The van der Waals surface area contributed by atoms with Gasteiger partial charge < -0.3 is 14.5 Å². The highest BCUT2D eigenvalue weighted by Crippen LogP contribution is 2.21. The summed E-state index contributed by atoms with van der Waals surface area (Å²) < 4.78 is 35.0. The Bertz CT molecular complexity index is 897. The summed E-state index contributed by atoms with van der Waals surface area (Å²) >= 11 is 0. The molecule has 0 aliphatic carbocycles. The van der Waals surface area contributed by atoms with Crippen LogP contribution in [-0.4, -0.2) is 17.5 Å². The van der Waals surface area contributed by atoms with Crippen molar-refractivity contribution in [1.82, 2.24) is 10.3 Å². The van der Waals surface area contributed by atoms with Crippen LogP contribution in [0.1, 0.15) is 24.3 Å². The number of hydrogen-bond acceptors (Lipinski definition) is 4. The van der Waals surface area contributed by atoms with Crippen LogP contribution in [0.4, 0.5) is 8.78 Å². The number of hydrogen-bond donors (Lipinski definition) is 1. The first-order valence-electron chi connectivity index (χ1n) is 8.91. The molecule has 0 radical (unpaired) electrons. The van der Waals surface area contributed by atoms with Crippen LogP contribution in [-0.2, 0) is 17.8 Å². The predicted molar refractivity (Wildman–Crippen MR) is 99.8 cm³/mol. The smallest absolute Gasteiger partial charge is 0.387 e. The molecule has 0 saturated carbocycles. The number of alkyl halides is 2. The van der Waals surface area contributed by atoms with Crippen LogP contribution in [0.2, 0.25) is 0 Å². The van der Waals surface area contributed by atoms with E-state index in [9.17, 15) is 13.6 Å². The van der Waals surface area contributed by atoms with Crippen molar-refractivity contribution in [3.8, 4) is 17.1 Å². The van der Waals surface area contributed by atoms with Crippen LogP contribution in [0.15, 0.2) is 65.2 Å². The van der Waals surface area contributed by atoms with Gasteiger partial charge in [0.25, 0.3) is 0 Å². The molecule has 7 heteroatoms. The van der Waals surface area contributed by atoms with Crippen LogP contribution < -0.4 is 10.1 Å². The number of oxazole rings is 1. The van der Waals surface area contributed by atoms with Gasteiger partial charge in [0.1, 0.15) is 5.75 Å². The van der Waals surface area contributed by atoms with Gasteiger partial charge in [-0.25, -0.2) is 4.98 Å². The summed E-state index contributed by atoms with van der Waals surface area (Å²) in [6.45, 7) is -2.78. The van der Waals surface area contributed by atoms with Gasteiger partial charge >= 0.3 is 6.61 Å². The molecule has 0 bridgehead atoms. The second-order valence-corrected chi connectivity index (χ2v) is 6.10. The van der Waals surface area contributed by atoms with E-state index < -0.39 is 6.61 Å². The molecule has 1 amide bonds. The number of carbonyl (C=O) groups excluding carboxylic acids is 1. The third kappa shape index (κ3) is 5.64. The molecule has 5 nitrogen and oxygen atoms in total. The molecule has 0 spiro atoms. The lowest BCUT2D eigenvalue weighted by atomic mass is 10.2. The molecule has 1 N–H and O–H groups in total. The van der Waals surface area contributed by atoms with Gasteiger partial charge in [0.15, 0.2) is 11.7 Å². The van der Waals surface area contributed by atoms with E-state index in [0.717, 1.165) is 5.56 Å². The summed E-state index contributed by atoms with van der Waals surface area (Å²) in [5.74, 6) is 1.14. The first kappa shape index (κ1) is 19.5. The fourth-order valence-corrected chi connectivity index (χ4v) is 2.70. The SMILES string of the molecule is O=C(CCCc1ncc(-c2ccccc2)o1)NCc1ccccc1OC(F)F. The number of halogens is 2. The van der Waals surface area contributed by atoms with E-state index in [0.29, 0.717) is 30.1 Å². The molecule has 146 valence electrons. The van der Waals surface area contributed by atoms with E-state index in [1.165, 1.54) is 6.07 Å². The number of benzene rings is 2. The quantitative estimate of drug-likeness (QED) is 0.585. The van der Waals surface area contributed by atoms with E-state index >= 15 is 0 Å². The lowest BCUT2D eigenvalue weighted by Crippen LogP contribution is -2.23. The number of para-hydroxylation sites is 1. The van der Waals surface area contributed by atoms with Crippen molar-refractivity contribution in [2.45, 2.75) is 32.4 Å². The zero-order valence-electron chi connectivity index (χ0n) is 15.1. The minimum absolute atomic E-state index is 0.0611. The standard InChI is InChI=1S/C21H20F2N2O3/c22-21(23)28-17-10-5-4-9-16(17)13-24-19(26)11-6-12-20-25-14-18(27-20)15-7-2-1-3-8-15/h1-5,7-10,14,21H,6,11-13H2,(H,24,26). The minimum atomic E-state index is -2.90. The van der Waals surface area contributed by atoms with E-state index in [2.05, 4.69) is 15.0 Å². The molecule has 0 fully saturated rings. The Morgan fingerprint density at radius 1 is 1.11 bits per heavy atom. The van der Waals surface area contributed by atoms with Crippen LogP contribution in [0.3, 0.4) is 0 Å². The Hall–Kier alpha value is -3.22. The number of aryl methyl sites for hydroxylation is 1. The van der Waals surface area contributed by atoms with Crippen LogP contribution >= 0.6 is 0 Å². The first-order chi connectivity index (χ1) is 13.6. The van der Waals surface area contributed by atoms with E-state index in [4.69, 9.17) is 4.42 Å². The van der Waals surface area contributed by atoms with Gasteiger partial charge in [0, 0.05) is 30.5 Å². The molecule has 3 aromatic rings. The first-order valence-corrected chi connectivity index (χ1v) is 8.91. The number of aromatic nitrogens is 1. The molecule has 0 unspecified atom stereocenters. The fourth-order valence-electron chi connectivity index (χ4n) is 2.70. The number of ether oxygens (including phenoxy) is 1.